The molecule has 2 aromatic carbocycles. The van der Waals surface area contributed by atoms with Gasteiger partial charge in [-0.05, 0) is 55.3 Å². The number of urea groups is 1. The SMILES string of the molecule is CCOc1ccc(/C=N\NC(=O)COc2ccc([C@H]3NC(=O)NC(C)=C3C(=O)OC)cc2OC)cc1OC. The first kappa shape index (κ1) is 27.8. The third kappa shape index (κ3) is 6.72. The number of nitrogens with one attached hydrogen (secondary N) is 3. The molecule has 12 heteroatoms. The highest BCUT2D eigenvalue weighted by Crippen LogP contribution is 2.34. The number of benzene rings is 2. The number of carbonyl (C=O) groups is 3. The lowest BCUT2D eigenvalue weighted by molar-refractivity contribution is -0.136. The third-order valence-corrected chi connectivity index (χ3v) is 5.44. The number of ether oxygens (including phenoxy) is 5. The topological polar surface area (TPSA) is 146 Å². The first-order chi connectivity index (χ1) is 18.3. The van der Waals surface area contributed by atoms with Crippen LogP contribution >= 0.6 is 0 Å². The zero-order valence-electron chi connectivity index (χ0n) is 21.7. The van der Waals surface area contributed by atoms with Gasteiger partial charge in [0.25, 0.3) is 5.91 Å². The fourth-order valence-corrected chi connectivity index (χ4v) is 3.70. The minimum absolute atomic E-state index is 0.255. The van der Waals surface area contributed by atoms with Crippen LogP contribution in [0.5, 0.6) is 23.0 Å². The molecule has 1 heterocycles. The highest BCUT2D eigenvalue weighted by atomic mass is 16.5. The van der Waals surface area contributed by atoms with E-state index >= 15 is 0 Å². The summed E-state index contributed by atoms with van der Waals surface area (Å²) in [5, 5.41) is 9.21. The molecule has 12 nitrogen and oxygen atoms in total. The standard InChI is InChI=1S/C26H30N4O8/c1-6-37-18-9-7-16(11-20(18)34-3)13-27-30-22(31)14-38-19-10-8-17(12-21(19)35-4)24-23(25(32)36-5)15(2)28-26(33)29-24/h7-13,24H,6,14H2,1-5H3,(H,30,31)(H2,28,29,33)/b27-13-/t24-/m1/s1. The van der Waals surface area contributed by atoms with Gasteiger partial charge in [0.05, 0.1) is 45.8 Å². The molecule has 1 atom stereocenters. The number of carbonyl (C=O) groups excluding carboxylic acids is 3. The normalized spacial score (nSPS) is 14.9. The minimum atomic E-state index is -0.766. The number of allylic oxidation sites excluding steroid dienone is 1. The van der Waals surface area contributed by atoms with Crippen LogP contribution in [0.3, 0.4) is 0 Å². The molecule has 0 saturated carbocycles. The molecule has 0 aromatic heterocycles. The minimum Gasteiger partial charge on any atom is -0.493 e. The number of rotatable bonds is 11. The Balaban J connectivity index is 1.65. The van der Waals surface area contributed by atoms with Crippen LogP contribution in [0.15, 0.2) is 52.8 Å². The summed E-state index contributed by atoms with van der Waals surface area (Å²) < 4.78 is 26.7. The molecule has 202 valence electrons. The quantitative estimate of drug-likeness (QED) is 0.230. The van der Waals surface area contributed by atoms with Gasteiger partial charge in [-0.2, -0.15) is 5.10 Å². The molecule has 0 bridgehead atoms. The molecule has 0 unspecified atom stereocenters. The Morgan fingerprint density at radius 3 is 2.37 bits per heavy atom. The van der Waals surface area contributed by atoms with Gasteiger partial charge in [-0.25, -0.2) is 15.0 Å². The molecule has 0 saturated heterocycles. The van der Waals surface area contributed by atoms with Crippen LogP contribution in [0.2, 0.25) is 0 Å². The maximum atomic E-state index is 12.3. The predicted molar refractivity (Wildman–Crippen MR) is 138 cm³/mol. The summed E-state index contributed by atoms with van der Waals surface area (Å²) in [7, 11) is 4.24. The largest absolute Gasteiger partial charge is 0.493 e. The van der Waals surface area contributed by atoms with E-state index in [4.69, 9.17) is 23.7 Å². The van der Waals surface area contributed by atoms with Gasteiger partial charge in [0, 0.05) is 5.70 Å². The van der Waals surface area contributed by atoms with Gasteiger partial charge < -0.3 is 34.3 Å². The average Bonchev–Trinajstić information content (AvgIpc) is 2.91. The van der Waals surface area contributed by atoms with E-state index in [1.807, 2.05) is 6.92 Å². The smallest absolute Gasteiger partial charge is 0.337 e. The number of hydrogen-bond acceptors (Lipinski definition) is 9. The number of nitrogens with zero attached hydrogens (tertiary/aromatic N) is 1. The van der Waals surface area contributed by atoms with Crippen molar-refractivity contribution in [2.75, 3.05) is 34.5 Å². The second-order valence-corrected chi connectivity index (χ2v) is 7.90. The molecule has 2 aromatic rings. The van der Waals surface area contributed by atoms with Crippen molar-refractivity contribution in [1.29, 1.82) is 0 Å². The van der Waals surface area contributed by atoms with Gasteiger partial charge in [0.2, 0.25) is 0 Å². The average molecular weight is 527 g/mol. The second-order valence-electron chi connectivity index (χ2n) is 7.90. The summed E-state index contributed by atoms with van der Waals surface area (Å²) in [4.78, 5) is 36.6. The highest BCUT2D eigenvalue weighted by molar-refractivity contribution is 5.95. The van der Waals surface area contributed by atoms with Gasteiger partial charge >= 0.3 is 12.0 Å². The second kappa shape index (κ2) is 13.0. The lowest BCUT2D eigenvalue weighted by Gasteiger charge is -2.28. The summed E-state index contributed by atoms with van der Waals surface area (Å²) in [5.41, 5.74) is 4.29. The van der Waals surface area contributed by atoms with Gasteiger partial charge in [0.15, 0.2) is 29.6 Å². The molecule has 3 amide bonds. The van der Waals surface area contributed by atoms with Gasteiger partial charge in [-0.3, -0.25) is 4.79 Å². The van der Waals surface area contributed by atoms with E-state index in [1.165, 1.54) is 27.5 Å². The summed E-state index contributed by atoms with van der Waals surface area (Å²) in [6.07, 6.45) is 1.47. The van der Waals surface area contributed by atoms with Crippen LogP contribution in [0.1, 0.15) is 31.0 Å². The molecule has 3 rings (SSSR count). The van der Waals surface area contributed by atoms with Gasteiger partial charge in [-0.1, -0.05) is 6.07 Å². The number of hydrogen-bond donors (Lipinski definition) is 3. The van der Waals surface area contributed by atoms with Crippen molar-refractivity contribution >= 4 is 24.1 Å². The summed E-state index contributed by atoms with van der Waals surface area (Å²) in [6.45, 7) is 3.66. The Morgan fingerprint density at radius 1 is 1.00 bits per heavy atom. The Labute approximate surface area is 219 Å². The van der Waals surface area contributed by atoms with Crippen LogP contribution in [0, 0.1) is 0 Å². The van der Waals surface area contributed by atoms with E-state index in [0.29, 0.717) is 40.7 Å². The Kier molecular flexibility index (Phi) is 9.52. The number of amides is 3. The lowest BCUT2D eigenvalue weighted by Crippen LogP contribution is -2.45. The van der Waals surface area contributed by atoms with E-state index in [9.17, 15) is 14.4 Å². The number of methoxy groups -OCH3 is 3. The first-order valence-corrected chi connectivity index (χ1v) is 11.6. The number of hydrazone groups is 1. The van der Waals surface area contributed by atoms with E-state index < -0.39 is 23.9 Å². The first-order valence-electron chi connectivity index (χ1n) is 11.6. The van der Waals surface area contributed by atoms with E-state index in [0.717, 1.165) is 0 Å². The zero-order valence-corrected chi connectivity index (χ0v) is 21.7. The van der Waals surface area contributed by atoms with Crippen molar-refractivity contribution < 1.29 is 38.1 Å². The van der Waals surface area contributed by atoms with Gasteiger partial charge in [-0.15, -0.1) is 0 Å². The molecule has 38 heavy (non-hydrogen) atoms. The molecule has 1 aliphatic rings. The van der Waals surface area contributed by atoms with Crippen molar-refractivity contribution in [3.63, 3.8) is 0 Å². The summed E-state index contributed by atoms with van der Waals surface area (Å²) >= 11 is 0. The van der Waals surface area contributed by atoms with Crippen molar-refractivity contribution in [2.45, 2.75) is 19.9 Å². The Hall–Kier alpha value is -4.74. The Bertz CT molecular complexity index is 1260. The number of esters is 1. The molecule has 0 spiro atoms. The zero-order chi connectivity index (χ0) is 27.7. The fraction of sp³-hybridized carbons (Fsp3) is 0.308. The van der Waals surface area contributed by atoms with Crippen LogP contribution in [-0.2, 0) is 14.3 Å². The molecular formula is C26H30N4O8. The summed E-state index contributed by atoms with van der Waals surface area (Å²) in [6, 6.07) is 8.88. The van der Waals surface area contributed by atoms with Crippen molar-refractivity contribution in [3.8, 4) is 23.0 Å². The summed E-state index contributed by atoms with van der Waals surface area (Å²) in [5.74, 6) is 0.666. The highest BCUT2D eigenvalue weighted by Gasteiger charge is 2.32. The van der Waals surface area contributed by atoms with Crippen LogP contribution in [0.25, 0.3) is 0 Å². The molecule has 0 fully saturated rings. The molecule has 0 radical (unpaired) electrons. The maximum absolute atomic E-state index is 12.3. The van der Waals surface area contributed by atoms with Crippen LogP contribution in [0.4, 0.5) is 4.79 Å². The third-order valence-electron chi connectivity index (χ3n) is 5.44. The van der Waals surface area contributed by atoms with E-state index in [-0.39, 0.29) is 17.9 Å². The van der Waals surface area contributed by atoms with Crippen LogP contribution < -0.4 is 35.0 Å². The monoisotopic (exact) mass is 526 g/mol. The molecule has 0 aliphatic carbocycles. The predicted octanol–water partition coefficient (Wildman–Crippen LogP) is 2.43. The van der Waals surface area contributed by atoms with E-state index in [1.54, 1.807) is 43.3 Å². The van der Waals surface area contributed by atoms with Crippen molar-refractivity contribution in [2.24, 2.45) is 5.10 Å². The maximum Gasteiger partial charge on any atom is 0.337 e. The van der Waals surface area contributed by atoms with E-state index in [2.05, 4.69) is 21.2 Å². The van der Waals surface area contributed by atoms with Gasteiger partial charge in [0.1, 0.15) is 0 Å². The molecular weight excluding hydrogens is 496 g/mol. The van der Waals surface area contributed by atoms with Crippen LogP contribution in [-0.4, -0.2) is 58.7 Å². The Morgan fingerprint density at radius 2 is 1.68 bits per heavy atom. The lowest BCUT2D eigenvalue weighted by atomic mass is 9.95. The van der Waals surface area contributed by atoms with Crippen molar-refractivity contribution in [1.82, 2.24) is 16.1 Å². The fourth-order valence-electron chi connectivity index (χ4n) is 3.70. The molecule has 1 aliphatic heterocycles. The molecule has 3 N–H and O–H groups in total. The van der Waals surface area contributed by atoms with Crippen molar-refractivity contribution in [3.05, 3.63) is 58.8 Å².